The lowest BCUT2D eigenvalue weighted by Crippen LogP contribution is -2.55. The topological polar surface area (TPSA) is 21.3 Å². The minimum Gasteiger partial charge on any atom is -0.382 e. The summed E-state index contributed by atoms with van der Waals surface area (Å²) < 4.78 is 8.57. The largest absolute Gasteiger partial charge is 0.382 e. The molecule has 0 aromatic heterocycles. The van der Waals surface area contributed by atoms with Gasteiger partial charge in [0.1, 0.15) is 16.5 Å². The molecular weight excluding hydrogens is 206 g/mol. The van der Waals surface area contributed by atoms with Crippen LogP contribution in [0.15, 0.2) is 0 Å². The molecule has 0 unspecified atom stereocenters. The molecule has 1 N–H and O–H groups in total. The van der Waals surface area contributed by atoms with E-state index in [9.17, 15) is 0 Å². The maximum absolute atomic E-state index is 4.83. The van der Waals surface area contributed by atoms with Gasteiger partial charge in [0.05, 0.1) is 0 Å². The second-order valence-corrected chi connectivity index (χ2v) is 15.4. The first-order chi connectivity index (χ1) is 6.12. The lowest BCUT2D eigenvalue weighted by Gasteiger charge is -2.28. The summed E-state index contributed by atoms with van der Waals surface area (Å²) in [5.74, 6) is 0. The van der Waals surface area contributed by atoms with Crippen molar-refractivity contribution in [1.29, 1.82) is 0 Å². The Morgan fingerprint density at radius 1 is 0.786 bits per heavy atom. The smallest absolute Gasteiger partial charge is 0.109 e. The second kappa shape index (κ2) is 7.62. The molecule has 0 atom stereocenters. The normalized spacial score (nSPS) is 12.0. The van der Waals surface area contributed by atoms with Gasteiger partial charge in [0.2, 0.25) is 0 Å². The molecule has 0 aliphatic heterocycles. The van der Waals surface area contributed by atoms with Crippen LogP contribution >= 0.6 is 0 Å². The molecule has 0 spiro atoms. The van der Waals surface area contributed by atoms with Gasteiger partial charge in [0.25, 0.3) is 0 Å². The molecular formula is C10H29NOSi2. The van der Waals surface area contributed by atoms with Crippen molar-refractivity contribution in [3.63, 3.8) is 0 Å². The molecule has 0 aromatic carbocycles. The van der Waals surface area contributed by atoms with E-state index in [1.165, 1.54) is 0 Å². The van der Waals surface area contributed by atoms with Crippen molar-refractivity contribution in [2.45, 2.75) is 53.1 Å². The Labute approximate surface area is 92.6 Å². The van der Waals surface area contributed by atoms with Crippen molar-refractivity contribution >= 4 is 16.5 Å². The zero-order valence-corrected chi connectivity index (χ0v) is 13.3. The third-order valence-electron chi connectivity index (χ3n) is 1.16. The Bertz CT molecular complexity index is 113. The van der Waals surface area contributed by atoms with Crippen molar-refractivity contribution < 1.29 is 4.74 Å². The molecule has 2 nitrogen and oxygen atoms in total. The number of ether oxygens (including phenoxy) is 1. The van der Waals surface area contributed by atoms with E-state index in [1.807, 2.05) is 13.8 Å². The van der Waals surface area contributed by atoms with Gasteiger partial charge in [-0.05, 0) is 13.8 Å². The summed E-state index contributed by atoms with van der Waals surface area (Å²) in [5, 5.41) is 0. The number of nitrogens with one attached hydrogen (secondary N) is 1. The Morgan fingerprint density at radius 3 is 1.07 bits per heavy atom. The highest BCUT2D eigenvalue weighted by Gasteiger charge is 2.22. The highest BCUT2D eigenvalue weighted by atomic mass is 28.4. The molecule has 0 fully saturated rings. The maximum Gasteiger partial charge on any atom is 0.109 e. The lowest BCUT2D eigenvalue weighted by atomic mass is 10.8. The SMILES string of the molecule is CCOCC.C[Si](C)(C)N[Si](C)(C)C. The van der Waals surface area contributed by atoms with Crippen molar-refractivity contribution in [3.8, 4) is 0 Å². The molecule has 4 heteroatoms. The van der Waals surface area contributed by atoms with Crippen molar-refractivity contribution in [1.82, 2.24) is 4.65 Å². The molecule has 14 heavy (non-hydrogen) atoms. The van der Waals surface area contributed by atoms with E-state index in [-0.39, 0.29) is 0 Å². The zero-order valence-electron chi connectivity index (χ0n) is 11.3. The molecule has 0 radical (unpaired) electrons. The molecule has 0 amide bonds. The molecule has 0 rings (SSSR count). The van der Waals surface area contributed by atoms with Gasteiger partial charge in [-0.15, -0.1) is 0 Å². The van der Waals surface area contributed by atoms with Crippen LogP contribution in [0.2, 0.25) is 39.3 Å². The van der Waals surface area contributed by atoms with Gasteiger partial charge in [0, 0.05) is 13.2 Å². The third kappa shape index (κ3) is 22.8. The van der Waals surface area contributed by atoms with Gasteiger partial charge < -0.3 is 9.38 Å². The summed E-state index contributed by atoms with van der Waals surface area (Å²) >= 11 is 0. The van der Waals surface area contributed by atoms with Crippen molar-refractivity contribution in [2.75, 3.05) is 13.2 Å². The molecule has 0 aromatic rings. The average molecular weight is 236 g/mol. The first kappa shape index (κ1) is 16.8. The minimum atomic E-state index is -0.981. The predicted octanol–water partition coefficient (Wildman–Crippen LogP) is 3.29. The average Bonchev–Trinajstić information content (AvgIpc) is 1.81. The Hall–Kier alpha value is 0.354. The van der Waals surface area contributed by atoms with Crippen LogP contribution in [-0.2, 0) is 4.74 Å². The van der Waals surface area contributed by atoms with Gasteiger partial charge in [-0.3, -0.25) is 0 Å². The van der Waals surface area contributed by atoms with E-state index in [4.69, 9.17) is 4.74 Å². The highest BCUT2D eigenvalue weighted by Crippen LogP contribution is 2.02. The van der Waals surface area contributed by atoms with E-state index >= 15 is 0 Å². The molecule has 0 aliphatic carbocycles. The zero-order chi connectivity index (χ0) is 11.8. The van der Waals surface area contributed by atoms with Crippen LogP contribution in [0.5, 0.6) is 0 Å². The Kier molecular flexibility index (Phi) is 9.13. The molecule has 0 bridgehead atoms. The third-order valence-corrected chi connectivity index (χ3v) is 7.16. The van der Waals surface area contributed by atoms with Crippen LogP contribution in [0.1, 0.15) is 13.8 Å². The fourth-order valence-corrected chi connectivity index (χ4v) is 10.3. The Balaban J connectivity index is 0. The number of hydrogen-bond acceptors (Lipinski definition) is 2. The standard InChI is InChI=1S/C6H19NSi2.C4H10O/c1-8(2,3)7-9(4,5)6;1-3-5-4-2/h7H,1-6H3;3-4H2,1-2H3. The van der Waals surface area contributed by atoms with Crippen molar-refractivity contribution in [2.24, 2.45) is 0 Å². The van der Waals surface area contributed by atoms with E-state index in [0.717, 1.165) is 13.2 Å². The lowest BCUT2D eigenvalue weighted by molar-refractivity contribution is 0.162. The molecule has 0 heterocycles. The summed E-state index contributed by atoms with van der Waals surface area (Å²) in [4.78, 5) is 0. The number of rotatable bonds is 4. The van der Waals surface area contributed by atoms with E-state index in [2.05, 4.69) is 43.9 Å². The van der Waals surface area contributed by atoms with Gasteiger partial charge in [0.15, 0.2) is 0 Å². The van der Waals surface area contributed by atoms with Crippen LogP contribution < -0.4 is 4.65 Å². The van der Waals surface area contributed by atoms with Gasteiger partial charge in [-0.2, -0.15) is 0 Å². The van der Waals surface area contributed by atoms with E-state index < -0.39 is 16.5 Å². The minimum absolute atomic E-state index is 0.844. The summed E-state index contributed by atoms with van der Waals surface area (Å²) in [6, 6.07) is 0. The van der Waals surface area contributed by atoms with E-state index in [1.54, 1.807) is 0 Å². The highest BCUT2D eigenvalue weighted by molar-refractivity contribution is 6.90. The van der Waals surface area contributed by atoms with Gasteiger partial charge in [-0.25, -0.2) is 0 Å². The number of hydrogen-bond donors (Lipinski definition) is 1. The maximum atomic E-state index is 4.83. The molecule has 0 saturated carbocycles. The first-order valence-corrected chi connectivity index (χ1v) is 12.5. The second-order valence-electron chi connectivity index (χ2n) is 5.41. The van der Waals surface area contributed by atoms with Crippen LogP contribution in [0.25, 0.3) is 0 Å². The summed E-state index contributed by atoms with van der Waals surface area (Å²) in [6.45, 7) is 19.8. The van der Waals surface area contributed by atoms with Crippen LogP contribution in [0, 0.1) is 0 Å². The molecule has 0 aliphatic rings. The van der Waals surface area contributed by atoms with Crippen LogP contribution in [0.3, 0.4) is 0 Å². The monoisotopic (exact) mass is 235 g/mol. The van der Waals surface area contributed by atoms with E-state index in [0.29, 0.717) is 0 Å². The fourth-order valence-electron chi connectivity index (χ4n) is 1.33. The van der Waals surface area contributed by atoms with Gasteiger partial charge in [-0.1, -0.05) is 39.3 Å². The van der Waals surface area contributed by atoms with Crippen LogP contribution in [-0.4, -0.2) is 29.7 Å². The quantitative estimate of drug-likeness (QED) is 0.755. The van der Waals surface area contributed by atoms with Crippen molar-refractivity contribution in [3.05, 3.63) is 0 Å². The summed E-state index contributed by atoms with van der Waals surface area (Å²) in [7, 11) is -1.96. The fraction of sp³-hybridized carbons (Fsp3) is 1.00. The summed E-state index contributed by atoms with van der Waals surface area (Å²) in [6.07, 6.45) is 0. The predicted molar refractivity (Wildman–Crippen MR) is 72.0 cm³/mol. The summed E-state index contributed by atoms with van der Waals surface area (Å²) in [5.41, 5.74) is 0. The Morgan fingerprint density at radius 2 is 1.07 bits per heavy atom. The molecule has 0 saturated heterocycles. The van der Waals surface area contributed by atoms with Gasteiger partial charge >= 0.3 is 0 Å². The molecule has 88 valence electrons. The first-order valence-electron chi connectivity index (χ1n) is 5.49. The van der Waals surface area contributed by atoms with Crippen LogP contribution in [0.4, 0.5) is 0 Å².